The Bertz CT molecular complexity index is 706. The van der Waals surface area contributed by atoms with Crippen LogP contribution in [0.1, 0.15) is 29.0 Å². The highest BCUT2D eigenvalue weighted by atomic mass is 35.5. The lowest BCUT2D eigenvalue weighted by molar-refractivity contribution is 0.0686. The van der Waals surface area contributed by atoms with E-state index in [1.807, 2.05) is 30.0 Å². The van der Waals surface area contributed by atoms with Gasteiger partial charge in [0.25, 0.3) is 5.91 Å². The Balaban J connectivity index is 1.82. The smallest absolute Gasteiger partial charge is 0.276 e. The molecule has 0 bridgehead atoms. The summed E-state index contributed by atoms with van der Waals surface area (Å²) >= 11 is 6.20. The number of nitrogens with two attached hydrogens (primary N) is 1. The quantitative estimate of drug-likeness (QED) is 0.932. The van der Waals surface area contributed by atoms with Crippen molar-refractivity contribution < 1.29 is 4.79 Å². The van der Waals surface area contributed by atoms with E-state index >= 15 is 0 Å². The van der Waals surface area contributed by atoms with Gasteiger partial charge in [-0.1, -0.05) is 28.9 Å². The van der Waals surface area contributed by atoms with E-state index in [4.69, 9.17) is 17.3 Å². The molecule has 3 rings (SSSR count). The summed E-state index contributed by atoms with van der Waals surface area (Å²) in [7, 11) is 0. The highest BCUT2D eigenvalue weighted by Gasteiger charge is 2.27. The number of aromatic nitrogens is 3. The van der Waals surface area contributed by atoms with Crippen LogP contribution in [0.3, 0.4) is 0 Å². The molecule has 23 heavy (non-hydrogen) atoms. The summed E-state index contributed by atoms with van der Waals surface area (Å²) in [5.41, 5.74) is 7.51. The summed E-state index contributed by atoms with van der Waals surface area (Å²) in [5.74, 6) is 0.440. The number of carbonyl (C=O) groups excluding carboxylic acids is 1. The van der Waals surface area contributed by atoms with Gasteiger partial charge in [0, 0.05) is 13.1 Å². The van der Waals surface area contributed by atoms with Crippen LogP contribution in [0.15, 0.2) is 24.3 Å². The van der Waals surface area contributed by atoms with E-state index in [0.29, 0.717) is 28.9 Å². The van der Waals surface area contributed by atoms with Gasteiger partial charge in [0.15, 0.2) is 5.69 Å². The van der Waals surface area contributed by atoms with Crippen LogP contribution in [0.2, 0.25) is 5.02 Å². The lowest BCUT2D eigenvalue weighted by Gasteiger charge is -2.30. The summed E-state index contributed by atoms with van der Waals surface area (Å²) in [4.78, 5) is 14.5. The number of piperidine rings is 1. The van der Waals surface area contributed by atoms with E-state index in [1.54, 1.807) is 10.7 Å². The third kappa shape index (κ3) is 3.09. The van der Waals surface area contributed by atoms with Crippen molar-refractivity contribution in [2.24, 2.45) is 11.7 Å². The number of halogens is 1. The van der Waals surface area contributed by atoms with Crippen molar-refractivity contribution in [3.05, 3.63) is 40.7 Å². The standard InChI is InChI=1S/C16H20ClN5O/c1-11-15(16(23)21-8-6-12(10-18)7-9-21)19-20-22(11)14-5-3-2-4-13(14)17/h2-5,12H,6-10,18H2,1H3. The molecule has 0 saturated carbocycles. The molecular weight excluding hydrogens is 314 g/mol. The van der Waals surface area contributed by atoms with Gasteiger partial charge < -0.3 is 10.6 Å². The predicted octanol–water partition coefficient (Wildman–Crippen LogP) is 2.04. The Morgan fingerprint density at radius 3 is 2.70 bits per heavy atom. The second kappa shape index (κ2) is 6.68. The van der Waals surface area contributed by atoms with Crippen molar-refractivity contribution in [1.82, 2.24) is 19.9 Å². The van der Waals surface area contributed by atoms with Crippen molar-refractivity contribution in [1.29, 1.82) is 0 Å². The number of benzene rings is 1. The maximum atomic E-state index is 12.7. The number of para-hydroxylation sites is 1. The average Bonchev–Trinajstić information content (AvgIpc) is 2.96. The number of hydrogen-bond donors (Lipinski definition) is 1. The molecule has 2 heterocycles. The molecule has 7 heteroatoms. The van der Waals surface area contributed by atoms with Gasteiger partial charge in [-0.25, -0.2) is 4.68 Å². The minimum absolute atomic E-state index is 0.0729. The number of likely N-dealkylation sites (tertiary alicyclic amines) is 1. The van der Waals surface area contributed by atoms with E-state index in [0.717, 1.165) is 31.6 Å². The van der Waals surface area contributed by atoms with Gasteiger partial charge in [0.05, 0.1) is 16.4 Å². The van der Waals surface area contributed by atoms with Crippen LogP contribution in [0.25, 0.3) is 5.69 Å². The van der Waals surface area contributed by atoms with Crippen molar-refractivity contribution >= 4 is 17.5 Å². The van der Waals surface area contributed by atoms with E-state index in [9.17, 15) is 4.79 Å². The van der Waals surface area contributed by atoms with Gasteiger partial charge >= 0.3 is 0 Å². The van der Waals surface area contributed by atoms with Crippen LogP contribution >= 0.6 is 11.6 Å². The number of carbonyl (C=O) groups is 1. The lowest BCUT2D eigenvalue weighted by Crippen LogP contribution is -2.40. The predicted molar refractivity (Wildman–Crippen MR) is 88.8 cm³/mol. The van der Waals surface area contributed by atoms with Gasteiger partial charge in [0.1, 0.15) is 0 Å². The molecule has 2 aromatic rings. The highest BCUT2D eigenvalue weighted by molar-refractivity contribution is 6.32. The number of nitrogens with zero attached hydrogens (tertiary/aromatic N) is 4. The summed E-state index contributed by atoms with van der Waals surface area (Å²) in [5, 5.41) is 8.77. The van der Waals surface area contributed by atoms with Gasteiger partial charge in [-0.2, -0.15) is 0 Å². The minimum atomic E-state index is -0.0729. The topological polar surface area (TPSA) is 77.0 Å². The van der Waals surface area contributed by atoms with E-state index < -0.39 is 0 Å². The van der Waals surface area contributed by atoms with Crippen LogP contribution in [0, 0.1) is 12.8 Å². The fourth-order valence-corrected chi connectivity index (χ4v) is 3.12. The minimum Gasteiger partial charge on any atom is -0.337 e. The van der Waals surface area contributed by atoms with E-state index in [-0.39, 0.29) is 5.91 Å². The molecule has 1 amide bonds. The molecule has 122 valence electrons. The Morgan fingerprint density at radius 1 is 1.35 bits per heavy atom. The Hall–Kier alpha value is -1.92. The van der Waals surface area contributed by atoms with Crippen molar-refractivity contribution in [3.63, 3.8) is 0 Å². The Labute approximate surface area is 140 Å². The van der Waals surface area contributed by atoms with Crippen LogP contribution in [-0.2, 0) is 0 Å². The van der Waals surface area contributed by atoms with Crippen LogP contribution in [-0.4, -0.2) is 45.4 Å². The lowest BCUT2D eigenvalue weighted by atomic mass is 9.97. The van der Waals surface area contributed by atoms with Crippen LogP contribution < -0.4 is 5.73 Å². The molecule has 1 aliphatic rings. The first-order valence-corrected chi connectivity index (χ1v) is 8.16. The molecule has 1 aromatic carbocycles. The maximum absolute atomic E-state index is 12.7. The van der Waals surface area contributed by atoms with Crippen LogP contribution in [0.5, 0.6) is 0 Å². The summed E-state index contributed by atoms with van der Waals surface area (Å²) in [6.45, 7) is 3.96. The Morgan fingerprint density at radius 2 is 2.04 bits per heavy atom. The molecule has 1 aromatic heterocycles. The molecule has 2 N–H and O–H groups in total. The highest BCUT2D eigenvalue weighted by Crippen LogP contribution is 2.23. The first-order valence-electron chi connectivity index (χ1n) is 7.78. The van der Waals surface area contributed by atoms with Crippen LogP contribution in [0.4, 0.5) is 0 Å². The molecular formula is C16H20ClN5O. The molecule has 1 aliphatic heterocycles. The van der Waals surface area contributed by atoms with Gasteiger partial charge in [-0.05, 0) is 44.4 Å². The third-order valence-electron chi connectivity index (χ3n) is 4.41. The number of amides is 1. The largest absolute Gasteiger partial charge is 0.337 e. The van der Waals surface area contributed by atoms with Crippen molar-refractivity contribution in [2.45, 2.75) is 19.8 Å². The molecule has 0 unspecified atom stereocenters. The zero-order valence-corrected chi connectivity index (χ0v) is 13.8. The average molecular weight is 334 g/mol. The number of rotatable bonds is 3. The number of hydrogen-bond acceptors (Lipinski definition) is 4. The third-order valence-corrected chi connectivity index (χ3v) is 4.73. The fraction of sp³-hybridized carbons (Fsp3) is 0.438. The maximum Gasteiger partial charge on any atom is 0.276 e. The molecule has 0 atom stereocenters. The zero-order valence-electron chi connectivity index (χ0n) is 13.1. The van der Waals surface area contributed by atoms with E-state index in [1.165, 1.54) is 0 Å². The van der Waals surface area contributed by atoms with E-state index in [2.05, 4.69) is 10.3 Å². The summed E-state index contributed by atoms with van der Waals surface area (Å²) in [6.07, 6.45) is 1.89. The molecule has 0 spiro atoms. The molecule has 1 saturated heterocycles. The normalized spacial score (nSPS) is 15.9. The fourth-order valence-electron chi connectivity index (χ4n) is 2.90. The monoisotopic (exact) mass is 333 g/mol. The van der Waals surface area contributed by atoms with Crippen molar-refractivity contribution in [2.75, 3.05) is 19.6 Å². The zero-order chi connectivity index (χ0) is 16.4. The summed E-state index contributed by atoms with van der Waals surface area (Å²) < 4.78 is 1.61. The van der Waals surface area contributed by atoms with Gasteiger partial charge in [-0.15, -0.1) is 5.10 Å². The molecule has 6 nitrogen and oxygen atoms in total. The molecule has 0 radical (unpaired) electrons. The summed E-state index contributed by atoms with van der Waals surface area (Å²) in [6, 6.07) is 7.37. The van der Waals surface area contributed by atoms with Gasteiger partial charge in [-0.3, -0.25) is 4.79 Å². The second-order valence-electron chi connectivity index (χ2n) is 5.86. The second-order valence-corrected chi connectivity index (χ2v) is 6.27. The SMILES string of the molecule is Cc1c(C(=O)N2CCC(CN)CC2)nnn1-c1ccccc1Cl. The first-order chi connectivity index (χ1) is 11.1. The van der Waals surface area contributed by atoms with Crippen molar-refractivity contribution in [3.8, 4) is 5.69 Å². The van der Waals surface area contributed by atoms with Gasteiger partial charge in [0.2, 0.25) is 0 Å². The molecule has 1 fully saturated rings. The molecule has 0 aliphatic carbocycles. The Kier molecular flexibility index (Phi) is 4.63. The first kappa shape index (κ1) is 16.0.